The molecule has 2 atom stereocenters. The van der Waals surface area contributed by atoms with E-state index in [1.54, 1.807) is 18.2 Å². The first-order chi connectivity index (χ1) is 11.7. The number of morpholine rings is 1. The molecule has 0 aromatic heterocycles. The molecule has 0 radical (unpaired) electrons. The van der Waals surface area contributed by atoms with Crippen LogP contribution >= 0.6 is 0 Å². The number of phenols is 1. The zero-order chi connectivity index (χ0) is 16.9. The minimum absolute atomic E-state index is 0.0465. The molecule has 0 aliphatic carbocycles. The number of hydrogen-bond donors (Lipinski definition) is 1. The summed E-state index contributed by atoms with van der Waals surface area (Å²) in [6, 6.07) is 17.0. The Morgan fingerprint density at radius 3 is 2.79 bits per heavy atom. The Balaban J connectivity index is 1.82. The number of nitrogens with zero attached hydrogens (tertiary/aromatic N) is 2. The van der Waals surface area contributed by atoms with Gasteiger partial charge < -0.3 is 14.6 Å². The predicted octanol–water partition coefficient (Wildman–Crippen LogP) is 3.04. The van der Waals surface area contributed by atoms with Gasteiger partial charge in [-0.3, -0.25) is 4.90 Å². The van der Waals surface area contributed by atoms with Crippen molar-refractivity contribution in [1.82, 2.24) is 4.90 Å². The fraction of sp³-hybridized carbons (Fsp3) is 0.316. The standard InChI is InChI=1S/C19H20N2O3/c1-23-18-11-15(7-8-17(18)22)16(12-20)21-9-10-24-19(13-21)14-5-3-2-4-6-14/h2-8,11,16,19,22H,9-10,13H2,1H3/t16-,19+/m0/s1. The molecule has 2 aromatic rings. The summed E-state index contributed by atoms with van der Waals surface area (Å²) in [5.74, 6) is 0.447. The zero-order valence-electron chi connectivity index (χ0n) is 13.6. The van der Waals surface area contributed by atoms with Crippen molar-refractivity contribution in [3.63, 3.8) is 0 Å². The zero-order valence-corrected chi connectivity index (χ0v) is 13.6. The number of nitriles is 1. The van der Waals surface area contributed by atoms with Gasteiger partial charge in [0, 0.05) is 13.1 Å². The van der Waals surface area contributed by atoms with Crippen LogP contribution < -0.4 is 4.74 Å². The van der Waals surface area contributed by atoms with Gasteiger partial charge in [0.2, 0.25) is 0 Å². The SMILES string of the molecule is COc1cc([C@H](C#N)N2CCO[C@@H](c3ccccc3)C2)ccc1O. The molecule has 0 unspecified atom stereocenters. The van der Waals surface area contributed by atoms with Crippen LogP contribution in [-0.2, 0) is 4.74 Å². The van der Waals surface area contributed by atoms with E-state index < -0.39 is 6.04 Å². The Morgan fingerprint density at radius 1 is 1.29 bits per heavy atom. The van der Waals surface area contributed by atoms with Gasteiger partial charge in [0.1, 0.15) is 6.04 Å². The van der Waals surface area contributed by atoms with Crippen LogP contribution in [0.5, 0.6) is 11.5 Å². The molecular weight excluding hydrogens is 304 g/mol. The number of phenolic OH excluding ortho intramolecular Hbond substituents is 1. The summed E-state index contributed by atoms with van der Waals surface area (Å²) >= 11 is 0. The quantitative estimate of drug-likeness (QED) is 0.936. The van der Waals surface area contributed by atoms with Crippen LogP contribution in [0.1, 0.15) is 23.3 Å². The van der Waals surface area contributed by atoms with Crippen molar-refractivity contribution >= 4 is 0 Å². The van der Waals surface area contributed by atoms with Crippen molar-refractivity contribution in [2.45, 2.75) is 12.1 Å². The highest BCUT2D eigenvalue weighted by Crippen LogP contribution is 2.33. The van der Waals surface area contributed by atoms with Crippen molar-refractivity contribution in [2.75, 3.05) is 26.8 Å². The Morgan fingerprint density at radius 2 is 2.08 bits per heavy atom. The molecule has 1 aliphatic heterocycles. The number of rotatable bonds is 4. The van der Waals surface area contributed by atoms with Crippen LogP contribution in [0.25, 0.3) is 0 Å². The van der Waals surface area contributed by atoms with Gasteiger partial charge >= 0.3 is 0 Å². The minimum Gasteiger partial charge on any atom is -0.504 e. The van der Waals surface area contributed by atoms with E-state index in [4.69, 9.17) is 9.47 Å². The van der Waals surface area contributed by atoms with Gasteiger partial charge in [-0.15, -0.1) is 0 Å². The molecule has 1 saturated heterocycles. The first-order valence-electron chi connectivity index (χ1n) is 7.90. The third kappa shape index (κ3) is 3.35. The largest absolute Gasteiger partial charge is 0.504 e. The summed E-state index contributed by atoms with van der Waals surface area (Å²) in [6.07, 6.45) is -0.0465. The van der Waals surface area contributed by atoms with Crippen LogP contribution in [-0.4, -0.2) is 36.8 Å². The fourth-order valence-corrected chi connectivity index (χ4v) is 3.00. The smallest absolute Gasteiger partial charge is 0.160 e. The van der Waals surface area contributed by atoms with Gasteiger partial charge in [0.05, 0.1) is 25.9 Å². The van der Waals surface area contributed by atoms with Crippen LogP contribution in [0, 0.1) is 11.3 Å². The highest BCUT2D eigenvalue weighted by Gasteiger charge is 2.28. The molecule has 2 aromatic carbocycles. The molecule has 124 valence electrons. The molecule has 0 bridgehead atoms. The molecule has 1 heterocycles. The molecule has 1 aliphatic rings. The van der Waals surface area contributed by atoms with Gasteiger partial charge in [-0.1, -0.05) is 36.4 Å². The Bertz CT molecular complexity index is 727. The fourth-order valence-electron chi connectivity index (χ4n) is 3.00. The minimum atomic E-state index is -0.408. The second-order valence-corrected chi connectivity index (χ2v) is 5.73. The van der Waals surface area contributed by atoms with E-state index in [0.29, 0.717) is 25.4 Å². The van der Waals surface area contributed by atoms with Crippen molar-refractivity contribution in [2.24, 2.45) is 0 Å². The molecule has 3 rings (SSSR count). The summed E-state index contributed by atoms with van der Waals surface area (Å²) in [5.41, 5.74) is 1.92. The maximum Gasteiger partial charge on any atom is 0.160 e. The van der Waals surface area contributed by atoms with Crippen LogP contribution in [0.2, 0.25) is 0 Å². The number of aromatic hydroxyl groups is 1. The number of methoxy groups -OCH3 is 1. The second kappa shape index (κ2) is 7.35. The molecule has 5 nitrogen and oxygen atoms in total. The molecule has 5 heteroatoms. The second-order valence-electron chi connectivity index (χ2n) is 5.73. The lowest BCUT2D eigenvalue weighted by Gasteiger charge is -2.36. The lowest BCUT2D eigenvalue weighted by atomic mass is 10.0. The topological polar surface area (TPSA) is 65.7 Å². The van der Waals surface area contributed by atoms with Gasteiger partial charge in [-0.05, 0) is 23.3 Å². The summed E-state index contributed by atoms with van der Waals surface area (Å²) in [4.78, 5) is 2.10. The molecule has 0 amide bonds. The molecule has 1 N–H and O–H groups in total. The van der Waals surface area contributed by atoms with Gasteiger partial charge in [-0.25, -0.2) is 0 Å². The van der Waals surface area contributed by atoms with E-state index in [1.807, 2.05) is 30.3 Å². The van der Waals surface area contributed by atoms with E-state index in [9.17, 15) is 10.4 Å². The highest BCUT2D eigenvalue weighted by atomic mass is 16.5. The third-order valence-corrected chi connectivity index (χ3v) is 4.28. The van der Waals surface area contributed by atoms with E-state index in [-0.39, 0.29) is 11.9 Å². The number of ether oxygens (including phenoxy) is 2. The monoisotopic (exact) mass is 324 g/mol. The summed E-state index contributed by atoms with van der Waals surface area (Å²) < 4.78 is 11.0. The first-order valence-corrected chi connectivity index (χ1v) is 7.90. The van der Waals surface area contributed by atoms with E-state index >= 15 is 0 Å². The molecule has 0 saturated carbocycles. The lowest BCUT2D eigenvalue weighted by Crippen LogP contribution is -2.40. The maximum absolute atomic E-state index is 9.75. The lowest BCUT2D eigenvalue weighted by molar-refractivity contribution is -0.0383. The Kier molecular flexibility index (Phi) is 4.99. The Hall–Kier alpha value is -2.55. The van der Waals surface area contributed by atoms with E-state index in [2.05, 4.69) is 11.0 Å². The average Bonchev–Trinajstić information content (AvgIpc) is 2.64. The predicted molar refractivity (Wildman–Crippen MR) is 89.7 cm³/mol. The summed E-state index contributed by atoms with van der Waals surface area (Å²) in [6.45, 7) is 1.91. The van der Waals surface area contributed by atoms with Crippen LogP contribution in [0.3, 0.4) is 0 Å². The molecule has 24 heavy (non-hydrogen) atoms. The van der Waals surface area contributed by atoms with Crippen molar-refractivity contribution < 1.29 is 14.6 Å². The van der Waals surface area contributed by atoms with E-state index in [0.717, 1.165) is 11.1 Å². The van der Waals surface area contributed by atoms with Crippen molar-refractivity contribution in [3.8, 4) is 17.6 Å². The number of hydrogen-bond acceptors (Lipinski definition) is 5. The number of benzene rings is 2. The third-order valence-electron chi connectivity index (χ3n) is 4.28. The van der Waals surface area contributed by atoms with Crippen LogP contribution in [0.15, 0.2) is 48.5 Å². The van der Waals surface area contributed by atoms with E-state index in [1.165, 1.54) is 7.11 Å². The Labute approximate surface area is 141 Å². The molecular formula is C19H20N2O3. The highest BCUT2D eigenvalue weighted by molar-refractivity contribution is 5.43. The van der Waals surface area contributed by atoms with Gasteiger partial charge in [0.25, 0.3) is 0 Å². The summed E-state index contributed by atoms with van der Waals surface area (Å²) in [5, 5.41) is 19.4. The van der Waals surface area contributed by atoms with Gasteiger partial charge in [0.15, 0.2) is 11.5 Å². The first kappa shape index (κ1) is 16.3. The van der Waals surface area contributed by atoms with Crippen LogP contribution in [0.4, 0.5) is 0 Å². The summed E-state index contributed by atoms with van der Waals surface area (Å²) in [7, 11) is 1.50. The molecule has 1 fully saturated rings. The average molecular weight is 324 g/mol. The van der Waals surface area contributed by atoms with Crippen molar-refractivity contribution in [1.29, 1.82) is 5.26 Å². The van der Waals surface area contributed by atoms with Crippen molar-refractivity contribution in [3.05, 3.63) is 59.7 Å². The molecule has 0 spiro atoms. The maximum atomic E-state index is 9.75. The normalized spacial score (nSPS) is 19.4. The van der Waals surface area contributed by atoms with Gasteiger partial charge in [-0.2, -0.15) is 5.26 Å².